The second kappa shape index (κ2) is 12.2. The van der Waals surface area contributed by atoms with Crippen molar-refractivity contribution in [1.29, 1.82) is 0 Å². The number of hydrogen-bond acceptors (Lipinski definition) is 4. The monoisotopic (exact) mass is 619 g/mol. The van der Waals surface area contributed by atoms with E-state index < -0.39 is 71.2 Å². The maximum Gasteiger partial charge on any atom is 0.416 e. The third-order valence-electron chi connectivity index (χ3n) is 7.70. The van der Waals surface area contributed by atoms with Gasteiger partial charge in [-0.1, -0.05) is 0 Å². The summed E-state index contributed by atoms with van der Waals surface area (Å²) in [6.45, 7) is 2.74. The van der Waals surface area contributed by atoms with Gasteiger partial charge >= 0.3 is 12.4 Å². The molecule has 3 N–H and O–H groups in total. The van der Waals surface area contributed by atoms with Crippen LogP contribution in [-0.2, 0) is 15.8 Å². The van der Waals surface area contributed by atoms with E-state index in [1.165, 1.54) is 22.3 Å². The number of halogens is 7. The van der Waals surface area contributed by atoms with E-state index in [1.807, 2.05) is 0 Å². The van der Waals surface area contributed by atoms with E-state index in [0.29, 0.717) is 12.1 Å². The quantitative estimate of drug-likeness (QED) is 0.286. The SMILES string of the molecule is CC(C(=O)NCC(F)(F)F)c1cc(F)c(NC(=O)[C@@H](NC(=O)c2ccnn2C(C)C)C(C2CC2)C2CC2)cc1C(F)(F)F. The minimum Gasteiger partial charge on any atom is -0.346 e. The molecule has 1 heterocycles. The lowest BCUT2D eigenvalue weighted by Crippen LogP contribution is -2.50. The summed E-state index contributed by atoms with van der Waals surface area (Å²) in [6.07, 6.45) is -5.31. The number of aromatic nitrogens is 2. The molecule has 3 amide bonds. The summed E-state index contributed by atoms with van der Waals surface area (Å²) >= 11 is 0. The number of anilines is 1. The topological polar surface area (TPSA) is 105 Å². The fourth-order valence-electron chi connectivity index (χ4n) is 5.33. The molecule has 4 rings (SSSR count). The molecule has 0 aliphatic heterocycles. The highest BCUT2D eigenvalue weighted by Gasteiger charge is 2.49. The highest BCUT2D eigenvalue weighted by Crippen LogP contribution is 2.51. The van der Waals surface area contributed by atoms with Crippen LogP contribution < -0.4 is 16.0 Å². The molecule has 1 unspecified atom stereocenters. The number of carbonyl (C=O) groups is 3. The Morgan fingerprint density at radius 1 is 0.977 bits per heavy atom. The zero-order chi connectivity index (χ0) is 31.9. The first-order valence-corrected chi connectivity index (χ1v) is 13.9. The molecular formula is C28H32F7N5O3. The molecule has 2 saturated carbocycles. The molecule has 2 aliphatic rings. The standard InChI is InChI=1S/C28H32F7N5O3/c1-13(2)40-21(8-9-37-40)25(42)39-23(22(15-4-5-15)16-6-7-16)26(43)38-20-11-18(28(33,34)35)17(10-19(20)29)14(3)24(41)36-12-27(30,31)32/h8-11,13-16,22-23H,4-7,12H2,1-3H3,(H,36,41)(H,38,43)(H,39,42)/t14?,23-/m0/s1. The summed E-state index contributed by atoms with van der Waals surface area (Å²) in [5.74, 6) is -6.17. The summed E-state index contributed by atoms with van der Waals surface area (Å²) in [5.41, 5.74) is -3.07. The third kappa shape index (κ3) is 7.85. The molecular weight excluding hydrogens is 587 g/mol. The van der Waals surface area contributed by atoms with Crippen molar-refractivity contribution in [3.8, 4) is 0 Å². The fourth-order valence-corrected chi connectivity index (χ4v) is 5.33. The highest BCUT2D eigenvalue weighted by molar-refractivity contribution is 6.01. The molecule has 8 nitrogen and oxygen atoms in total. The smallest absolute Gasteiger partial charge is 0.346 e. The first-order chi connectivity index (χ1) is 20.0. The second-order valence-corrected chi connectivity index (χ2v) is 11.4. The number of alkyl halides is 6. The Balaban J connectivity index is 1.63. The Bertz CT molecular complexity index is 1350. The van der Waals surface area contributed by atoms with Crippen molar-refractivity contribution in [2.75, 3.05) is 11.9 Å². The van der Waals surface area contributed by atoms with Gasteiger partial charge in [0.1, 0.15) is 24.1 Å². The molecule has 2 fully saturated rings. The van der Waals surface area contributed by atoms with Gasteiger partial charge in [-0.05, 0) is 88.0 Å². The third-order valence-corrected chi connectivity index (χ3v) is 7.70. The van der Waals surface area contributed by atoms with Gasteiger partial charge in [0.15, 0.2) is 0 Å². The van der Waals surface area contributed by atoms with Gasteiger partial charge in [-0.15, -0.1) is 0 Å². The molecule has 2 atom stereocenters. The Labute approximate surface area is 242 Å². The number of benzene rings is 1. The van der Waals surface area contributed by atoms with Crippen LogP contribution in [0.5, 0.6) is 0 Å². The lowest BCUT2D eigenvalue weighted by molar-refractivity contribution is -0.141. The van der Waals surface area contributed by atoms with Crippen molar-refractivity contribution in [2.24, 2.45) is 17.8 Å². The van der Waals surface area contributed by atoms with Gasteiger partial charge in [-0.25, -0.2) is 4.39 Å². The van der Waals surface area contributed by atoms with Gasteiger partial charge in [0, 0.05) is 12.2 Å². The van der Waals surface area contributed by atoms with E-state index >= 15 is 4.39 Å². The normalized spacial score (nSPS) is 17.1. The summed E-state index contributed by atoms with van der Waals surface area (Å²) in [7, 11) is 0. The molecule has 1 aromatic carbocycles. The second-order valence-electron chi connectivity index (χ2n) is 11.4. The van der Waals surface area contributed by atoms with Gasteiger partial charge in [-0.3, -0.25) is 19.1 Å². The fraction of sp³-hybridized carbons (Fsp3) is 0.571. The summed E-state index contributed by atoms with van der Waals surface area (Å²) < 4.78 is 96.3. The summed E-state index contributed by atoms with van der Waals surface area (Å²) in [4.78, 5) is 39.0. The minimum atomic E-state index is -5.14. The molecule has 0 saturated heterocycles. The van der Waals surface area contributed by atoms with Crippen LogP contribution in [0.1, 0.15) is 80.0 Å². The molecule has 2 aliphatic carbocycles. The molecule has 43 heavy (non-hydrogen) atoms. The molecule has 15 heteroatoms. The van der Waals surface area contributed by atoms with Crippen LogP contribution >= 0.6 is 0 Å². The van der Waals surface area contributed by atoms with Crippen molar-refractivity contribution >= 4 is 23.4 Å². The molecule has 0 bridgehead atoms. The largest absolute Gasteiger partial charge is 0.416 e. The highest BCUT2D eigenvalue weighted by atomic mass is 19.4. The van der Waals surface area contributed by atoms with Gasteiger partial charge in [0.25, 0.3) is 5.91 Å². The maximum absolute atomic E-state index is 15.2. The molecule has 2 aromatic rings. The molecule has 0 radical (unpaired) electrons. The Morgan fingerprint density at radius 3 is 2.09 bits per heavy atom. The van der Waals surface area contributed by atoms with Gasteiger partial charge < -0.3 is 16.0 Å². The van der Waals surface area contributed by atoms with Crippen LogP contribution in [-0.4, -0.2) is 46.3 Å². The van der Waals surface area contributed by atoms with Gasteiger partial charge in [0.2, 0.25) is 11.8 Å². The first kappa shape index (κ1) is 32.3. The minimum absolute atomic E-state index is 0.104. The van der Waals surface area contributed by atoms with Crippen LogP contribution in [0.2, 0.25) is 0 Å². The van der Waals surface area contributed by atoms with Gasteiger partial charge in [0.05, 0.1) is 17.2 Å². The average Bonchev–Trinajstić information content (AvgIpc) is 3.85. The van der Waals surface area contributed by atoms with Gasteiger partial charge in [-0.2, -0.15) is 31.4 Å². The van der Waals surface area contributed by atoms with Crippen LogP contribution in [0.15, 0.2) is 24.4 Å². The number of amides is 3. The van der Waals surface area contributed by atoms with E-state index in [1.54, 1.807) is 13.8 Å². The lowest BCUT2D eigenvalue weighted by atomic mass is 9.88. The zero-order valence-electron chi connectivity index (χ0n) is 23.6. The Kier molecular flexibility index (Phi) is 9.12. The molecule has 236 valence electrons. The maximum atomic E-state index is 15.2. The zero-order valence-corrected chi connectivity index (χ0v) is 23.6. The number of rotatable bonds is 11. The average molecular weight is 620 g/mol. The van der Waals surface area contributed by atoms with Crippen molar-refractivity contribution in [3.63, 3.8) is 0 Å². The summed E-state index contributed by atoms with van der Waals surface area (Å²) in [6, 6.07) is 0.782. The van der Waals surface area contributed by atoms with E-state index in [-0.39, 0.29) is 29.5 Å². The number of hydrogen-bond donors (Lipinski definition) is 3. The Morgan fingerprint density at radius 2 is 1.58 bits per heavy atom. The van der Waals surface area contributed by atoms with Crippen molar-refractivity contribution in [2.45, 2.75) is 76.8 Å². The van der Waals surface area contributed by atoms with E-state index in [2.05, 4.69) is 15.7 Å². The van der Waals surface area contributed by atoms with E-state index in [9.17, 15) is 40.7 Å². The first-order valence-electron chi connectivity index (χ1n) is 13.9. The van der Waals surface area contributed by atoms with Crippen LogP contribution in [0.25, 0.3) is 0 Å². The summed E-state index contributed by atoms with van der Waals surface area (Å²) in [5, 5.41) is 10.5. The lowest BCUT2D eigenvalue weighted by Gasteiger charge is -2.28. The predicted molar refractivity (Wildman–Crippen MR) is 140 cm³/mol. The van der Waals surface area contributed by atoms with E-state index in [4.69, 9.17) is 0 Å². The van der Waals surface area contributed by atoms with E-state index in [0.717, 1.165) is 32.6 Å². The van der Waals surface area contributed by atoms with Crippen LogP contribution in [0.4, 0.5) is 36.4 Å². The van der Waals surface area contributed by atoms with Crippen LogP contribution in [0, 0.1) is 23.6 Å². The number of carbonyl (C=O) groups excluding carboxylic acids is 3. The van der Waals surface area contributed by atoms with Crippen molar-refractivity contribution in [1.82, 2.24) is 20.4 Å². The van der Waals surface area contributed by atoms with Crippen LogP contribution in [0.3, 0.4) is 0 Å². The van der Waals surface area contributed by atoms with Crippen molar-refractivity contribution < 1.29 is 45.1 Å². The number of nitrogens with one attached hydrogen (secondary N) is 3. The predicted octanol–water partition coefficient (Wildman–Crippen LogP) is 5.58. The van der Waals surface area contributed by atoms with Crippen molar-refractivity contribution in [3.05, 3.63) is 47.0 Å². The molecule has 1 aromatic heterocycles. The molecule has 0 spiro atoms. The number of nitrogens with zero attached hydrogens (tertiary/aromatic N) is 2. The Hall–Kier alpha value is -3.65.